The van der Waals surface area contributed by atoms with Gasteiger partial charge in [0.05, 0.1) is 45.7 Å². The van der Waals surface area contributed by atoms with Crippen molar-refractivity contribution in [3.8, 4) is 33.3 Å². The van der Waals surface area contributed by atoms with Crippen LogP contribution < -0.4 is 10.3 Å². The second-order valence-corrected chi connectivity index (χ2v) is 10.5. The van der Waals surface area contributed by atoms with Crippen molar-refractivity contribution in [3.05, 3.63) is 118 Å². The Bertz CT molecular complexity index is 1920. The molecule has 0 radical (unpaired) electrons. The van der Waals surface area contributed by atoms with Crippen LogP contribution in [0.15, 0.2) is 101 Å². The van der Waals surface area contributed by atoms with Gasteiger partial charge in [0.15, 0.2) is 0 Å². The molecule has 0 fully saturated rings. The van der Waals surface area contributed by atoms with E-state index in [0.29, 0.717) is 34.1 Å². The predicted molar refractivity (Wildman–Crippen MR) is 160 cm³/mol. The standard InChI is InChI=1S/C32H25FN4O2S/c1-19-4-17-27-28(18-19)40-31(35-27)22-5-11-24(12-6-22)34-20(2)29-30(21-7-15-26(39-3)16-8-21)36-37(32(29)38)25-13-9-23(33)10-14-25/h4-18,36H,1-3H3. The van der Waals surface area contributed by atoms with Gasteiger partial charge in [-0.15, -0.1) is 11.3 Å². The molecule has 0 aliphatic carbocycles. The quantitative estimate of drug-likeness (QED) is 0.217. The molecule has 8 heteroatoms. The molecule has 0 amide bonds. The SMILES string of the molecule is COc1ccc(-c2[nH]n(-c3ccc(F)cc3)c(=O)c2C(C)=Nc2ccc(-c3nc4ccc(C)cc4s3)cc2)cc1. The lowest BCUT2D eigenvalue weighted by Gasteiger charge is -2.05. The van der Waals surface area contributed by atoms with E-state index >= 15 is 0 Å². The van der Waals surface area contributed by atoms with Crippen molar-refractivity contribution in [2.24, 2.45) is 4.99 Å². The van der Waals surface area contributed by atoms with Gasteiger partial charge < -0.3 is 4.74 Å². The minimum Gasteiger partial charge on any atom is -0.497 e. The molecule has 6 nitrogen and oxygen atoms in total. The van der Waals surface area contributed by atoms with Crippen LogP contribution in [0.3, 0.4) is 0 Å². The van der Waals surface area contributed by atoms with Gasteiger partial charge in [-0.2, -0.15) is 0 Å². The monoisotopic (exact) mass is 548 g/mol. The number of nitrogens with zero attached hydrogens (tertiary/aromatic N) is 3. The highest BCUT2D eigenvalue weighted by Crippen LogP contribution is 2.32. The molecule has 0 spiro atoms. The topological polar surface area (TPSA) is 72.3 Å². The minimum atomic E-state index is -0.374. The van der Waals surface area contributed by atoms with E-state index in [9.17, 15) is 9.18 Å². The van der Waals surface area contributed by atoms with Crippen molar-refractivity contribution >= 4 is 33.0 Å². The van der Waals surface area contributed by atoms with Crippen molar-refractivity contribution in [1.82, 2.24) is 14.8 Å². The van der Waals surface area contributed by atoms with Crippen molar-refractivity contribution in [3.63, 3.8) is 0 Å². The van der Waals surface area contributed by atoms with Gasteiger partial charge in [0.2, 0.25) is 0 Å². The summed E-state index contributed by atoms with van der Waals surface area (Å²) in [6.45, 7) is 3.89. The summed E-state index contributed by atoms with van der Waals surface area (Å²) in [6, 6.07) is 27.3. The number of nitrogens with one attached hydrogen (secondary N) is 1. The van der Waals surface area contributed by atoms with E-state index in [-0.39, 0.29) is 11.4 Å². The van der Waals surface area contributed by atoms with Gasteiger partial charge in [-0.3, -0.25) is 14.9 Å². The molecular formula is C32H25FN4O2S. The zero-order valence-corrected chi connectivity index (χ0v) is 22.9. The van der Waals surface area contributed by atoms with Crippen LogP contribution in [0.5, 0.6) is 5.75 Å². The number of halogens is 1. The van der Waals surface area contributed by atoms with E-state index in [0.717, 1.165) is 26.4 Å². The molecule has 0 bridgehead atoms. The average Bonchev–Trinajstić information content (AvgIpc) is 3.54. The molecule has 0 unspecified atom stereocenters. The maximum Gasteiger partial charge on any atom is 0.280 e. The fourth-order valence-electron chi connectivity index (χ4n) is 4.59. The van der Waals surface area contributed by atoms with Gasteiger partial charge in [-0.1, -0.05) is 6.07 Å². The molecule has 4 aromatic carbocycles. The van der Waals surface area contributed by atoms with E-state index < -0.39 is 0 Å². The summed E-state index contributed by atoms with van der Waals surface area (Å²) in [4.78, 5) is 23.2. The van der Waals surface area contributed by atoms with Gasteiger partial charge in [0.1, 0.15) is 16.6 Å². The molecule has 6 aromatic rings. The Balaban J connectivity index is 1.39. The van der Waals surface area contributed by atoms with Gasteiger partial charge in [-0.05, 0) is 104 Å². The minimum absolute atomic E-state index is 0.278. The van der Waals surface area contributed by atoms with Gasteiger partial charge >= 0.3 is 0 Å². The van der Waals surface area contributed by atoms with Gasteiger partial charge in [0, 0.05) is 11.1 Å². The summed E-state index contributed by atoms with van der Waals surface area (Å²) in [5, 5.41) is 4.15. The normalized spacial score (nSPS) is 11.8. The predicted octanol–water partition coefficient (Wildman–Crippen LogP) is 7.71. The molecule has 0 saturated heterocycles. The Morgan fingerprint density at radius 2 is 1.65 bits per heavy atom. The molecular weight excluding hydrogens is 523 g/mol. The van der Waals surface area contributed by atoms with E-state index in [1.807, 2.05) is 61.5 Å². The second kappa shape index (κ2) is 10.4. The summed E-state index contributed by atoms with van der Waals surface area (Å²) < 4.78 is 21.4. The van der Waals surface area contributed by atoms with Crippen LogP contribution in [0.25, 0.3) is 37.7 Å². The molecule has 1 N–H and O–H groups in total. The first kappa shape index (κ1) is 25.5. The van der Waals surface area contributed by atoms with Crippen LogP contribution in [0.1, 0.15) is 18.1 Å². The highest BCUT2D eigenvalue weighted by molar-refractivity contribution is 7.21. The van der Waals surface area contributed by atoms with Crippen LogP contribution in [0.4, 0.5) is 10.1 Å². The summed E-state index contributed by atoms with van der Waals surface area (Å²) in [6.07, 6.45) is 0. The first-order valence-electron chi connectivity index (χ1n) is 12.7. The summed E-state index contributed by atoms with van der Waals surface area (Å²) in [5.74, 6) is 0.334. The molecule has 2 heterocycles. The van der Waals surface area contributed by atoms with Crippen LogP contribution in [-0.4, -0.2) is 27.6 Å². The zero-order valence-electron chi connectivity index (χ0n) is 22.1. The molecule has 0 aliphatic rings. The Morgan fingerprint density at radius 1 is 0.950 bits per heavy atom. The van der Waals surface area contributed by atoms with Crippen LogP contribution in [0, 0.1) is 12.7 Å². The Kier molecular flexibility index (Phi) is 6.61. The second-order valence-electron chi connectivity index (χ2n) is 9.44. The Hall–Kier alpha value is -4.82. The van der Waals surface area contributed by atoms with Crippen LogP contribution >= 0.6 is 11.3 Å². The summed E-state index contributed by atoms with van der Waals surface area (Å²) in [5.41, 5.74) is 6.55. The van der Waals surface area contributed by atoms with Crippen molar-refractivity contribution < 1.29 is 9.13 Å². The number of fused-ring (bicyclic) bond motifs is 1. The molecule has 0 aliphatic heterocycles. The largest absolute Gasteiger partial charge is 0.497 e. The fraction of sp³-hybridized carbons (Fsp3) is 0.0938. The molecule has 2 aromatic heterocycles. The number of ether oxygens (including phenoxy) is 1. The molecule has 40 heavy (non-hydrogen) atoms. The highest BCUT2D eigenvalue weighted by Gasteiger charge is 2.20. The first-order valence-corrected chi connectivity index (χ1v) is 13.5. The van der Waals surface area contributed by atoms with Crippen molar-refractivity contribution in [1.29, 1.82) is 0 Å². The Morgan fingerprint density at radius 3 is 2.35 bits per heavy atom. The van der Waals surface area contributed by atoms with E-state index in [1.165, 1.54) is 22.4 Å². The smallest absolute Gasteiger partial charge is 0.280 e. The van der Waals surface area contributed by atoms with Gasteiger partial charge in [-0.25, -0.2) is 14.1 Å². The van der Waals surface area contributed by atoms with E-state index in [1.54, 1.807) is 30.6 Å². The molecule has 0 atom stereocenters. The lowest BCUT2D eigenvalue weighted by molar-refractivity contribution is 0.415. The molecule has 0 saturated carbocycles. The Labute approximate surface area is 234 Å². The van der Waals surface area contributed by atoms with Gasteiger partial charge in [0.25, 0.3) is 5.56 Å². The number of methoxy groups -OCH3 is 1. The number of aryl methyl sites for hydroxylation is 1. The maximum atomic E-state index is 13.7. The fourth-order valence-corrected chi connectivity index (χ4v) is 5.66. The van der Waals surface area contributed by atoms with E-state index in [2.05, 4.69) is 24.2 Å². The number of H-pyrrole nitrogens is 1. The number of hydrogen-bond donors (Lipinski definition) is 1. The lowest BCUT2D eigenvalue weighted by atomic mass is 10.0. The number of benzene rings is 4. The summed E-state index contributed by atoms with van der Waals surface area (Å²) >= 11 is 1.66. The first-order chi connectivity index (χ1) is 19.4. The number of aromatic nitrogens is 3. The number of aliphatic imine (C=N–C) groups is 1. The van der Waals surface area contributed by atoms with Crippen LogP contribution in [0.2, 0.25) is 0 Å². The van der Waals surface area contributed by atoms with Crippen molar-refractivity contribution in [2.45, 2.75) is 13.8 Å². The number of hydrogen-bond acceptors (Lipinski definition) is 5. The highest BCUT2D eigenvalue weighted by atomic mass is 32.1. The third kappa shape index (κ3) is 4.85. The average molecular weight is 549 g/mol. The third-order valence-electron chi connectivity index (χ3n) is 6.67. The number of rotatable bonds is 6. The number of aromatic amines is 1. The molecule has 6 rings (SSSR count). The molecule has 198 valence electrons. The van der Waals surface area contributed by atoms with E-state index in [4.69, 9.17) is 14.7 Å². The van der Waals surface area contributed by atoms with Crippen LogP contribution in [-0.2, 0) is 0 Å². The number of thiazole rings is 1. The zero-order chi connectivity index (χ0) is 27.8. The third-order valence-corrected chi connectivity index (χ3v) is 7.74. The maximum absolute atomic E-state index is 13.7. The van der Waals surface area contributed by atoms with Crippen molar-refractivity contribution in [2.75, 3.05) is 7.11 Å². The summed E-state index contributed by atoms with van der Waals surface area (Å²) in [7, 11) is 1.60. The lowest BCUT2D eigenvalue weighted by Crippen LogP contribution is -2.19.